The first-order valence-electron chi connectivity index (χ1n) is 8.55. The van der Waals surface area contributed by atoms with Crippen molar-refractivity contribution >= 4 is 27.5 Å². The van der Waals surface area contributed by atoms with Gasteiger partial charge in [0, 0.05) is 19.3 Å². The highest BCUT2D eigenvalue weighted by Crippen LogP contribution is 2.14. The number of aromatic nitrogens is 3. The van der Waals surface area contributed by atoms with Crippen molar-refractivity contribution in [1.82, 2.24) is 19.9 Å². The lowest BCUT2D eigenvalue weighted by molar-refractivity contribution is 0.504. The fraction of sp³-hybridized carbons (Fsp3) is 0.167. The van der Waals surface area contributed by atoms with Crippen LogP contribution in [-0.2, 0) is 10.0 Å². The van der Waals surface area contributed by atoms with Gasteiger partial charge in [-0.05, 0) is 55.0 Å². The molecule has 152 valence electrons. The molecule has 0 saturated heterocycles. The van der Waals surface area contributed by atoms with E-state index in [4.69, 9.17) is 0 Å². The van der Waals surface area contributed by atoms with Crippen molar-refractivity contribution in [3.63, 3.8) is 0 Å². The number of nitrogens with zero attached hydrogens (tertiary/aromatic N) is 3. The summed E-state index contributed by atoms with van der Waals surface area (Å²) in [6, 6.07) is 9.51. The molecule has 0 fully saturated rings. The zero-order valence-electron chi connectivity index (χ0n) is 15.4. The topological polar surface area (TPSA) is 109 Å². The summed E-state index contributed by atoms with van der Waals surface area (Å²) >= 11 is 0. The van der Waals surface area contributed by atoms with Crippen LogP contribution in [0.15, 0.2) is 53.6 Å². The van der Waals surface area contributed by atoms with Crippen LogP contribution >= 0.6 is 0 Å². The van der Waals surface area contributed by atoms with Gasteiger partial charge in [0.1, 0.15) is 11.6 Å². The number of anilines is 3. The van der Waals surface area contributed by atoms with Crippen molar-refractivity contribution in [3.05, 3.63) is 65.9 Å². The van der Waals surface area contributed by atoms with Crippen LogP contribution in [-0.4, -0.2) is 36.7 Å². The Bertz CT molecular complexity index is 1090. The van der Waals surface area contributed by atoms with E-state index in [1.807, 2.05) is 19.1 Å². The van der Waals surface area contributed by atoms with Gasteiger partial charge in [-0.25, -0.2) is 26.9 Å². The lowest BCUT2D eigenvalue weighted by Gasteiger charge is -2.09. The quantitative estimate of drug-likeness (QED) is 0.481. The number of benzene rings is 1. The predicted octanol–water partition coefficient (Wildman–Crippen LogP) is 2.59. The molecule has 1 aromatic carbocycles. The van der Waals surface area contributed by atoms with Gasteiger partial charge in [-0.15, -0.1) is 10.2 Å². The van der Waals surface area contributed by atoms with E-state index >= 15 is 0 Å². The van der Waals surface area contributed by atoms with Gasteiger partial charge >= 0.3 is 0 Å². The number of rotatable bonds is 8. The number of pyridine rings is 1. The molecule has 2 heterocycles. The summed E-state index contributed by atoms with van der Waals surface area (Å²) in [5.74, 6) is -0.741. The first-order valence-corrected chi connectivity index (χ1v) is 10.0. The van der Waals surface area contributed by atoms with Gasteiger partial charge in [-0.1, -0.05) is 0 Å². The predicted molar refractivity (Wildman–Crippen MR) is 104 cm³/mol. The molecule has 3 N–H and O–H groups in total. The monoisotopic (exact) mass is 420 g/mol. The molecule has 8 nitrogen and oxygen atoms in total. The van der Waals surface area contributed by atoms with Crippen LogP contribution in [0.5, 0.6) is 0 Å². The number of hydrogen-bond acceptors (Lipinski definition) is 7. The molecule has 2 aromatic heterocycles. The van der Waals surface area contributed by atoms with Crippen molar-refractivity contribution in [3.8, 4) is 0 Å². The lowest BCUT2D eigenvalue weighted by atomic mass is 10.3. The minimum Gasteiger partial charge on any atom is -0.367 e. The summed E-state index contributed by atoms with van der Waals surface area (Å²) in [5.41, 5.74) is 1.06. The standard InChI is InChI=1S/C18H18F2N6O2S/c1-12-6-7-21-18(10-12)24-17-5-4-16(25-26-17)22-8-9-23-29(27,28)13-2-3-14(19)15(20)11-13/h2-7,10-11,23H,8-9H2,1H3,(H,22,25)(H,21,24,26). The second-order valence-corrected chi connectivity index (χ2v) is 7.81. The largest absolute Gasteiger partial charge is 0.367 e. The van der Waals surface area contributed by atoms with Crippen LogP contribution in [0, 0.1) is 18.6 Å². The van der Waals surface area contributed by atoms with Gasteiger partial charge in [-0.2, -0.15) is 0 Å². The summed E-state index contributed by atoms with van der Waals surface area (Å²) < 4.78 is 52.6. The van der Waals surface area contributed by atoms with E-state index < -0.39 is 21.7 Å². The number of halogens is 2. The van der Waals surface area contributed by atoms with Gasteiger partial charge in [0.2, 0.25) is 10.0 Å². The molecule has 3 aromatic rings. The maximum atomic E-state index is 13.2. The molecule has 29 heavy (non-hydrogen) atoms. The third kappa shape index (κ3) is 5.65. The Labute approximate surface area is 166 Å². The van der Waals surface area contributed by atoms with E-state index in [-0.39, 0.29) is 18.0 Å². The number of sulfonamides is 1. The molecule has 3 rings (SSSR count). The van der Waals surface area contributed by atoms with Gasteiger partial charge < -0.3 is 10.6 Å². The zero-order chi connectivity index (χ0) is 20.9. The summed E-state index contributed by atoms with van der Waals surface area (Å²) in [6.07, 6.45) is 1.68. The first-order chi connectivity index (χ1) is 13.8. The van der Waals surface area contributed by atoms with Crippen LogP contribution in [0.3, 0.4) is 0 Å². The van der Waals surface area contributed by atoms with Crippen molar-refractivity contribution in [2.75, 3.05) is 23.7 Å². The molecular weight excluding hydrogens is 402 g/mol. The maximum absolute atomic E-state index is 13.2. The Hall–Kier alpha value is -3.18. The molecule has 0 saturated carbocycles. The smallest absolute Gasteiger partial charge is 0.240 e. The van der Waals surface area contributed by atoms with Crippen LogP contribution in [0.1, 0.15) is 5.56 Å². The molecule has 0 amide bonds. The molecule has 0 spiro atoms. The van der Waals surface area contributed by atoms with E-state index in [2.05, 4.69) is 30.5 Å². The molecule has 0 aliphatic carbocycles. The number of hydrogen-bond donors (Lipinski definition) is 3. The van der Waals surface area contributed by atoms with E-state index in [9.17, 15) is 17.2 Å². The molecular formula is C18H18F2N6O2S. The zero-order valence-corrected chi connectivity index (χ0v) is 16.2. The summed E-state index contributed by atoms with van der Waals surface area (Å²) in [4.78, 5) is 3.82. The van der Waals surface area contributed by atoms with E-state index in [1.54, 1.807) is 18.3 Å². The van der Waals surface area contributed by atoms with Crippen molar-refractivity contribution < 1.29 is 17.2 Å². The Kier molecular flexibility index (Phi) is 6.29. The Morgan fingerprint density at radius 3 is 2.34 bits per heavy atom. The van der Waals surface area contributed by atoms with E-state index in [0.29, 0.717) is 23.5 Å². The third-order valence-electron chi connectivity index (χ3n) is 3.76. The van der Waals surface area contributed by atoms with Crippen molar-refractivity contribution in [2.45, 2.75) is 11.8 Å². The van der Waals surface area contributed by atoms with Gasteiger partial charge in [-0.3, -0.25) is 0 Å². The molecule has 0 aliphatic heterocycles. The Balaban J connectivity index is 1.49. The normalized spacial score (nSPS) is 11.3. The minimum absolute atomic E-state index is 0.0101. The SMILES string of the molecule is Cc1ccnc(Nc2ccc(NCCNS(=O)(=O)c3ccc(F)c(F)c3)nn2)c1. The maximum Gasteiger partial charge on any atom is 0.240 e. The molecule has 0 aliphatic rings. The summed E-state index contributed by atoms with van der Waals surface area (Å²) in [5, 5.41) is 13.9. The molecule has 0 unspecified atom stereocenters. The minimum atomic E-state index is -3.95. The highest BCUT2D eigenvalue weighted by Gasteiger charge is 2.15. The Morgan fingerprint density at radius 1 is 0.897 bits per heavy atom. The fourth-order valence-corrected chi connectivity index (χ4v) is 3.38. The third-order valence-corrected chi connectivity index (χ3v) is 5.22. The van der Waals surface area contributed by atoms with E-state index in [0.717, 1.165) is 17.7 Å². The summed E-state index contributed by atoms with van der Waals surface area (Å²) in [6.45, 7) is 2.17. The molecule has 0 radical (unpaired) electrons. The number of aryl methyl sites for hydroxylation is 1. The first kappa shape index (κ1) is 20.6. The lowest BCUT2D eigenvalue weighted by Crippen LogP contribution is -2.29. The molecule has 0 bridgehead atoms. The van der Waals surface area contributed by atoms with Gasteiger partial charge in [0.25, 0.3) is 0 Å². The molecule has 0 atom stereocenters. The van der Waals surface area contributed by atoms with Gasteiger partial charge in [0.05, 0.1) is 4.90 Å². The van der Waals surface area contributed by atoms with Crippen LogP contribution < -0.4 is 15.4 Å². The van der Waals surface area contributed by atoms with Crippen LogP contribution in [0.2, 0.25) is 0 Å². The van der Waals surface area contributed by atoms with Crippen LogP contribution in [0.25, 0.3) is 0 Å². The highest BCUT2D eigenvalue weighted by atomic mass is 32.2. The van der Waals surface area contributed by atoms with Crippen molar-refractivity contribution in [2.24, 2.45) is 0 Å². The highest BCUT2D eigenvalue weighted by molar-refractivity contribution is 7.89. The average molecular weight is 420 g/mol. The second kappa shape index (κ2) is 8.88. The van der Waals surface area contributed by atoms with Gasteiger partial charge in [0.15, 0.2) is 17.5 Å². The van der Waals surface area contributed by atoms with Crippen LogP contribution in [0.4, 0.5) is 26.2 Å². The van der Waals surface area contributed by atoms with E-state index in [1.165, 1.54) is 0 Å². The average Bonchev–Trinajstić information content (AvgIpc) is 2.68. The Morgan fingerprint density at radius 2 is 1.66 bits per heavy atom. The second-order valence-electron chi connectivity index (χ2n) is 6.05. The fourth-order valence-electron chi connectivity index (χ4n) is 2.33. The van der Waals surface area contributed by atoms with Crippen molar-refractivity contribution in [1.29, 1.82) is 0 Å². The molecule has 11 heteroatoms. The number of nitrogens with one attached hydrogen (secondary N) is 3. The summed E-state index contributed by atoms with van der Waals surface area (Å²) in [7, 11) is -3.95.